The Morgan fingerprint density at radius 1 is 0.750 bits per heavy atom. The summed E-state index contributed by atoms with van der Waals surface area (Å²) in [7, 11) is 0. The minimum atomic E-state index is 0.443. The molecule has 0 bridgehead atoms. The summed E-state index contributed by atoms with van der Waals surface area (Å²) < 4.78 is 0. The molecule has 1 saturated heterocycles. The van der Waals surface area contributed by atoms with Gasteiger partial charge >= 0.3 is 0 Å². The molecule has 2 heteroatoms. The van der Waals surface area contributed by atoms with Gasteiger partial charge in [-0.05, 0) is 28.7 Å². The van der Waals surface area contributed by atoms with Crippen LogP contribution in [0.4, 0.5) is 0 Å². The predicted octanol–water partition coefficient (Wildman–Crippen LogP) is 4.64. The van der Waals surface area contributed by atoms with E-state index in [0.717, 1.165) is 32.6 Å². The number of piperazine rings is 1. The Balaban J connectivity index is 0.000000487. The highest BCUT2D eigenvalue weighted by Crippen LogP contribution is 2.38. The van der Waals surface area contributed by atoms with E-state index in [1.807, 2.05) is 27.7 Å². The largest absolute Gasteiger partial charge is 0.314 e. The van der Waals surface area contributed by atoms with Crippen molar-refractivity contribution in [3.8, 4) is 0 Å². The van der Waals surface area contributed by atoms with Crippen LogP contribution in [0.1, 0.15) is 56.0 Å². The Morgan fingerprint density at radius 2 is 1.21 bits per heavy atom. The van der Waals surface area contributed by atoms with Gasteiger partial charge in [-0.25, -0.2) is 0 Å². The predicted molar refractivity (Wildman–Crippen MR) is 105 cm³/mol. The normalized spacial score (nSPS) is 16.7. The molecule has 2 aromatic carbocycles. The lowest BCUT2D eigenvalue weighted by atomic mass is 9.81. The molecule has 0 amide bonds. The standard InChI is InChI=1S/C18H20N2.2C2H6/c1-3-7-16-14(5-1)13-15-6-2-4-8-17(15)18(16)20-11-9-19-10-12-20;2*1-2/h1-8,18-19H,9-13H2;2*1-2H3. The minimum Gasteiger partial charge on any atom is -0.314 e. The summed E-state index contributed by atoms with van der Waals surface area (Å²) in [6.45, 7) is 12.5. The molecule has 1 aliphatic carbocycles. The zero-order valence-electron chi connectivity index (χ0n) is 15.7. The third-order valence-electron chi connectivity index (χ3n) is 4.60. The average molecular weight is 325 g/mol. The summed E-state index contributed by atoms with van der Waals surface area (Å²) in [5.41, 5.74) is 6.01. The summed E-state index contributed by atoms with van der Waals surface area (Å²) >= 11 is 0. The molecule has 0 radical (unpaired) electrons. The molecule has 130 valence electrons. The Bertz CT molecular complexity index is 569. The van der Waals surface area contributed by atoms with Gasteiger partial charge in [0.05, 0.1) is 6.04 Å². The molecular formula is C22H32N2. The van der Waals surface area contributed by atoms with E-state index in [9.17, 15) is 0 Å². The van der Waals surface area contributed by atoms with E-state index >= 15 is 0 Å². The molecule has 1 N–H and O–H groups in total. The Labute approximate surface area is 147 Å². The number of fused-ring (bicyclic) bond motifs is 2. The van der Waals surface area contributed by atoms with Gasteiger partial charge in [0.25, 0.3) is 0 Å². The van der Waals surface area contributed by atoms with Crippen LogP contribution in [0, 0.1) is 0 Å². The molecule has 0 aromatic heterocycles. The Morgan fingerprint density at radius 3 is 1.71 bits per heavy atom. The quantitative estimate of drug-likeness (QED) is 0.822. The molecule has 2 nitrogen and oxygen atoms in total. The van der Waals surface area contributed by atoms with Crippen LogP contribution in [0.2, 0.25) is 0 Å². The van der Waals surface area contributed by atoms with Gasteiger partial charge in [-0.2, -0.15) is 0 Å². The van der Waals surface area contributed by atoms with Crippen LogP contribution in [-0.4, -0.2) is 31.1 Å². The third kappa shape index (κ3) is 3.88. The van der Waals surface area contributed by atoms with E-state index in [4.69, 9.17) is 0 Å². The maximum Gasteiger partial charge on any atom is 0.0608 e. The SMILES string of the molecule is CC.CC.c1ccc2c(c1)Cc1ccccc1C2N1CCNCC1. The van der Waals surface area contributed by atoms with Gasteiger partial charge in [0, 0.05) is 26.2 Å². The van der Waals surface area contributed by atoms with Crippen LogP contribution < -0.4 is 5.32 Å². The summed E-state index contributed by atoms with van der Waals surface area (Å²) in [5, 5.41) is 3.46. The molecule has 4 rings (SSSR count). The molecule has 1 heterocycles. The van der Waals surface area contributed by atoms with E-state index in [1.54, 1.807) is 0 Å². The molecule has 0 saturated carbocycles. The summed E-state index contributed by atoms with van der Waals surface area (Å²) in [4.78, 5) is 2.63. The molecule has 1 aliphatic heterocycles. The lowest BCUT2D eigenvalue weighted by Gasteiger charge is -2.39. The van der Waals surface area contributed by atoms with Crippen molar-refractivity contribution in [1.82, 2.24) is 10.2 Å². The van der Waals surface area contributed by atoms with Crippen LogP contribution >= 0.6 is 0 Å². The number of hydrogen-bond acceptors (Lipinski definition) is 2. The van der Waals surface area contributed by atoms with E-state index in [-0.39, 0.29) is 0 Å². The number of rotatable bonds is 1. The van der Waals surface area contributed by atoms with Crippen molar-refractivity contribution in [2.75, 3.05) is 26.2 Å². The molecule has 2 aliphatic rings. The van der Waals surface area contributed by atoms with Crippen LogP contribution in [-0.2, 0) is 6.42 Å². The first-order valence-electron chi connectivity index (χ1n) is 9.54. The third-order valence-corrected chi connectivity index (χ3v) is 4.60. The van der Waals surface area contributed by atoms with Crippen LogP contribution in [0.25, 0.3) is 0 Å². The first-order chi connectivity index (χ1) is 11.9. The molecule has 24 heavy (non-hydrogen) atoms. The second kappa shape index (κ2) is 9.61. The van der Waals surface area contributed by atoms with E-state index in [2.05, 4.69) is 58.7 Å². The van der Waals surface area contributed by atoms with E-state index in [1.165, 1.54) is 22.3 Å². The second-order valence-corrected chi connectivity index (χ2v) is 5.76. The average Bonchev–Trinajstić information content (AvgIpc) is 2.70. The minimum absolute atomic E-state index is 0.443. The zero-order chi connectivity index (χ0) is 17.4. The van der Waals surface area contributed by atoms with Crippen molar-refractivity contribution in [1.29, 1.82) is 0 Å². The van der Waals surface area contributed by atoms with E-state index < -0.39 is 0 Å². The van der Waals surface area contributed by atoms with Gasteiger partial charge in [0.1, 0.15) is 0 Å². The Hall–Kier alpha value is -1.64. The van der Waals surface area contributed by atoms with Gasteiger partial charge in [-0.15, -0.1) is 0 Å². The topological polar surface area (TPSA) is 15.3 Å². The molecule has 0 atom stereocenters. The molecule has 0 spiro atoms. The maximum atomic E-state index is 3.46. The highest BCUT2D eigenvalue weighted by Gasteiger charge is 2.30. The fourth-order valence-electron chi connectivity index (χ4n) is 3.63. The number of nitrogens with one attached hydrogen (secondary N) is 1. The summed E-state index contributed by atoms with van der Waals surface area (Å²) in [6, 6.07) is 18.4. The van der Waals surface area contributed by atoms with Crippen LogP contribution in [0.15, 0.2) is 48.5 Å². The van der Waals surface area contributed by atoms with Gasteiger partial charge in [0.2, 0.25) is 0 Å². The van der Waals surface area contributed by atoms with Gasteiger partial charge in [-0.1, -0.05) is 76.2 Å². The fraction of sp³-hybridized carbons (Fsp3) is 0.455. The van der Waals surface area contributed by atoms with Gasteiger partial charge < -0.3 is 5.32 Å². The van der Waals surface area contributed by atoms with Crippen molar-refractivity contribution in [3.05, 3.63) is 70.8 Å². The Kier molecular flexibility index (Phi) is 7.48. The molecular weight excluding hydrogens is 292 g/mol. The number of hydrogen-bond donors (Lipinski definition) is 1. The lowest BCUT2D eigenvalue weighted by Crippen LogP contribution is -2.46. The summed E-state index contributed by atoms with van der Waals surface area (Å²) in [6.07, 6.45) is 1.08. The highest BCUT2D eigenvalue weighted by molar-refractivity contribution is 5.48. The fourth-order valence-corrected chi connectivity index (χ4v) is 3.63. The second-order valence-electron chi connectivity index (χ2n) is 5.76. The van der Waals surface area contributed by atoms with Crippen LogP contribution in [0.3, 0.4) is 0 Å². The first-order valence-corrected chi connectivity index (χ1v) is 9.54. The summed E-state index contributed by atoms with van der Waals surface area (Å²) in [5.74, 6) is 0. The molecule has 1 fully saturated rings. The van der Waals surface area contributed by atoms with Crippen molar-refractivity contribution in [3.63, 3.8) is 0 Å². The van der Waals surface area contributed by atoms with Gasteiger partial charge in [0.15, 0.2) is 0 Å². The van der Waals surface area contributed by atoms with Gasteiger partial charge in [-0.3, -0.25) is 4.90 Å². The smallest absolute Gasteiger partial charge is 0.0608 e. The van der Waals surface area contributed by atoms with Crippen molar-refractivity contribution in [2.45, 2.75) is 40.2 Å². The zero-order valence-corrected chi connectivity index (χ0v) is 15.7. The molecule has 2 aromatic rings. The van der Waals surface area contributed by atoms with Crippen molar-refractivity contribution in [2.24, 2.45) is 0 Å². The van der Waals surface area contributed by atoms with E-state index in [0.29, 0.717) is 6.04 Å². The first kappa shape index (κ1) is 18.7. The van der Waals surface area contributed by atoms with Crippen molar-refractivity contribution < 1.29 is 0 Å². The molecule has 0 unspecified atom stereocenters. The van der Waals surface area contributed by atoms with Crippen molar-refractivity contribution >= 4 is 0 Å². The van der Waals surface area contributed by atoms with Crippen LogP contribution in [0.5, 0.6) is 0 Å². The monoisotopic (exact) mass is 324 g/mol. The number of benzene rings is 2. The highest BCUT2D eigenvalue weighted by atomic mass is 15.2. The number of nitrogens with zero attached hydrogens (tertiary/aromatic N) is 1. The lowest BCUT2D eigenvalue weighted by molar-refractivity contribution is 0.195. The maximum absolute atomic E-state index is 3.46.